The quantitative estimate of drug-likeness (QED) is 0.612. The molecule has 0 spiro atoms. The number of carbonyl (C=O) groups is 1. The molecule has 0 radical (unpaired) electrons. The van der Waals surface area contributed by atoms with Crippen molar-refractivity contribution < 1.29 is 14.8 Å². The summed E-state index contributed by atoms with van der Waals surface area (Å²) in [5.41, 5.74) is 0.931. The summed E-state index contributed by atoms with van der Waals surface area (Å²) >= 11 is 0. The van der Waals surface area contributed by atoms with E-state index in [4.69, 9.17) is 5.11 Å². The lowest BCUT2D eigenvalue weighted by atomic mass is 10.1. The molecule has 6 nitrogen and oxygen atoms in total. The second-order valence-corrected chi connectivity index (χ2v) is 4.04. The third-order valence-electron chi connectivity index (χ3n) is 2.95. The number of nitrogens with one attached hydrogen (secondary N) is 1. The average molecular weight is 236 g/mol. The van der Waals surface area contributed by atoms with E-state index in [2.05, 4.69) is 5.32 Å². The Labute approximate surface area is 97.4 Å². The minimum atomic E-state index is -0.852. The Balaban J connectivity index is 2.09. The first-order valence-corrected chi connectivity index (χ1v) is 5.31. The summed E-state index contributed by atoms with van der Waals surface area (Å²) in [4.78, 5) is 20.8. The van der Waals surface area contributed by atoms with Crippen molar-refractivity contribution in [3.63, 3.8) is 0 Å². The smallest absolute Gasteiger partial charge is 0.320 e. The molecule has 2 N–H and O–H groups in total. The monoisotopic (exact) mass is 236 g/mol. The highest BCUT2D eigenvalue weighted by molar-refractivity contribution is 5.73. The Hall–Kier alpha value is -1.95. The topological polar surface area (TPSA) is 92.5 Å². The van der Waals surface area contributed by atoms with Crippen LogP contribution < -0.4 is 5.32 Å². The number of nitrogens with zero attached hydrogens (tertiary/aromatic N) is 1. The summed E-state index contributed by atoms with van der Waals surface area (Å²) in [6.45, 7) is 0. The molecule has 90 valence electrons. The van der Waals surface area contributed by atoms with Gasteiger partial charge in [-0.05, 0) is 18.4 Å². The van der Waals surface area contributed by atoms with Gasteiger partial charge in [-0.3, -0.25) is 20.2 Å². The van der Waals surface area contributed by atoms with Crippen LogP contribution in [0.15, 0.2) is 24.3 Å². The van der Waals surface area contributed by atoms with Crippen molar-refractivity contribution in [1.82, 2.24) is 5.32 Å². The predicted molar refractivity (Wildman–Crippen MR) is 59.6 cm³/mol. The average Bonchev–Trinajstić information content (AvgIpc) is 2.78. The van der Waals surface area contributed by atoms with E-state index in [1.807, 2.05) is 0 Å². The van der Waals surface area contributed by atoms with Gasteiger partial charge in [0.05, 0.1) is 4.92 Å². The Morgan fingerprint density at radius 1 is 1.35 bits per heavy atom. The number of aliphatic carboxylic acids is 1. The van der Waals surface area contributed by atoms with Crippen LogP contribution in [0, 0.1) is 10.1 Å². The number of carboxylic acid groups (broad SMARTS) is 1. The molecule has 6 heteroatoms. The van der Waals surface area contributed by atoms with Crippen molar-refractivity contribution in [2.75, 3.05) is 0 Å². The van der Waals surface area contributed by atoms with Gasteiger partial charge in [0.1, 0.15) is 6.04 Å². The predicted octanol–water partition coefficient (Wildman–Crippen LogP) is 1.47. The molecule has 2 rings (SSSR count). The second kappa shape index (κ2) is 4.50. The summed E-state index contributed by atoms with van der Waals surface area (Å²) in [5.74, 6) is -0.852. The highest BCUT2D eigenvalue weighted by atomic mass is 16.6. The summed E-state index contributed by atoms with van der Waals surface area (Å²) in [6, 6.07) is 5.66. The van der Waals surface area contributed by atoms with Crippen LogP contribution in [0.5, 0.6) is 0 Å². The minimum absolute atomic E-state index is 0.0306. The summed E-state index contributed by atoms with van der Waals surface area (Å²) in [7, 11) is 0. The number of nitro benzene ring substituents is 1. The number of benzene rings is 1. The van der Waals surface area contributed by atoms with Crippen molar-refractivity contribution in [2.45, 2.75) is 24.9 Å². The first-order valence-electron chi connectivity index (χ1n) is 5.31. The van der Waals surface area contributed by atoms with E-state index in [0.717, 1.165) is 12.0 Å². The first-order chi connectivity index (χ1) is 8.08. The lowest BCUT2D eigenvalue weighted by Gasteiger charge is -2.11. The summed E-state index contributed by atoms with van der Waals surface area (Å²) < 4.78 is 0. The van der Waals surface area contributed by atoms with Gasteiger partial charge >= 0.3 is 5.97 Å². The molecule has 1 aromatic rings. The Morgan fingerprint density at radius 3 is 2.47 bits per heavy atom. The minimum Gasteiger partial charge on any atom is -0.480 e. The fraction of sp³-hybridized carbons (Fsp3) is 0.364. The molecule has 1 fully saturated rings. The van der Waals surface area contributed by atoms with E-state index in [1.54, 1.807) is 12.1 Å². The zero-order valence-electron chi connectivity index (χ0n) is 9.00. The maximum Gasteiger partial charge on any atom is 0.320 e. The Bertz CT molecular complexity index is 443. The van der Waals surface area contributed by atoms with Gasteiger partial charge in [0.2, 0.25) is 0 Å². The number of nitro groups is 1. The molecule has 1 saturated heterocycles. The van der Waals surface area contributed by atoms with Crippen molar-refractivity contribution in [2.24, 2.45) is 0 Å². The molecule has 0 amide bonds. The molecule has 0 saturated carbocycles. The van der Waals surface area contributed by atoms with Crippen LogP contribution in [-0.4, -0.2) is 22.0 Å². The van der Waals surface area contributed by atoms with Crippen molar-refractivity contribution in [3.05, 3.63) is 39.9 Å². The van der Waals surface area contributed by atoms with Gasteiger partial charge < -0.3 is 5.11 Å². The van der Waals surface area contributed by atoms with Gasteiger partial charge in [-0.15, -0.1) is 0 Å². The molecule has 17 heavy (non-hydrogen) atoms. The highest BCUT2D eigenvalue weighted by Crippen LogP contribution is 2.27. The van der Waals surface area contributed by atoms with Gasteiger partial charge in [0.15, 0.2) is 0 Å². The largest absolute Gasteiger partial charge is 0.480 e. The van der Waals surface area contributed by atoms with Gasteiger partial charge in [-0.2, -0.15) is 0 Å². The molecule has 0 aliphatic carbocycles. The van der Waals surface area contributed by atoms with Crippen LogP contribution in [0.4, 0.5) is 5.69 Å². The van der Waals surface area contributed by atoms with Crippen molar-refractivity contribution >= 4 is 11.7 Å². The third-order valence-corrected chi connectivity index (χ3v) is 2.95. The second-order valence-electron chi connectivity index (χ2n) is 4.04. The van der Waals surface area contributed by atoms with Crippen molar-refractivity contribution in [3.8, 4) is 0 Å². The van der Waals surface area contributed by atoms with Crippen LogP contribution in [0.1, 0.15) is 24.4 Å². The molecule has 1 aromatic carbocycles. The van der Waals surface area contributed by atoms with E-state index in [9.17, 15) is 14.9 Å². The van der Waals surface area contributed by atoms with Gasteiger partial charge in [0.25, 0.3) is 5.69 Å². The van der Waals surface area contributed by atoms with Crippen molar-refractivity contribution in [1.29, 1.82) is 0 Å². The lowest BCUT2D eigenvalue weighted by molar-refractivity contribution is -0.384. The van der Waals surface area contributed by atoms with Gasteiger partial charge in [0, 0.05) is 18.2 Å². The maximum atomic E-state index is 10.8. The number of non-ortho nitro benzene ring substituents is 1. The molecular weight excluding hydrogens is 224 g/mol. The highest BCUT2D eigenvalue weighted by Gasteiger charge is 2.29. The maximum absolute atomic E-state index is 10.8. The van der Waals surface area contributed by atoms with E-state index < -0.39 is 16.9 Å². The molecule has 0 bridgehead atoms. The van der Waals surface area contributed by atoms with Crippen LogP contribution in [0.3, 0.4) is 0 Å². The van der Waals surface area contributed by atoms with Crippen LogP contribution in [0.2, 0.25) is 0 Å². The number of carboxylic acids is 1. The van der Waals surface area contributed by atoms with Crippen LogP contribution in [-0.2, 0) is 4.79 Å². The molecule has 0 unspecified atom stereocenters. The Morgan fingerprint density at radius 2 is 2.00 bits per heavy atom. The zero-order valence-corrected chi connectivity index (χ0v) is 9.00. The fourth-order valence-electron chi connectivity index (χ4n) is 2.03. The molecule has 1 aliphatic rings. The summed E-state index contributed by atoms with van der Waals surface area (Å²) in [6.07, 6.45) is 1.31. The first kappa shape index (κ1) is 11.5. The summed E-state index contributed by atoms with van der Waals surface area (Å²) in [5, 5.41) is 22.3. The molecule has 1 aliphatic heterocycles. The molecular formula is C11H12N2O4. The third kappa shape index (κ3) is 2.42. The van der Waals surface area contributed by atoms with E-state index in [0.29, 0.717) is 6.42 Å². The van der Waals surface area contributed by atoms with Crippen LogP contribution in [0.25, 0.3) is 0 Å². The fourth-order valence-corrected chi connectivity index (χ4v) is 2.03. The van der Waals surface area contributed by atoms with Crippen LogP contribution >= 0.6 is 0 Å². The lowest BCUT2D eigenvalue weighted by Crippen LogP contribution is -2.31. The number of hydrogen-bond acceptors (Lipinski definition) is 4. The molecule has 0 aromatic heterocycles. The van der Waals surface area contributed by atoms with Gasteiger partial charge in [-0.1, -0.05) is 12.1 Å². The zero-order chi connectivity index (χ0) is 12.4. The van der Waals surface area contributed by atoms with E-state index in [-0.39, 0.29) is 11.7 Å². The van der Waals surface area contributed by atoms with E-state index >= 15 is 0 Å². The standard InChI is InChI=1S/C11H12N2O4/c14-11(15)10-6-5-9(12-10)7-1-3-8(4-2-7)13(16)17/h1-4,9-10,12H,5-6H2,(H,14,15)/t9-,10-/m0/s1. The van der Waals surface area contributed by atoms with Gasteiger partial charge in [-0.25, -0.2) is 0 Å². The Kier molecular flexibility index (Phi) is 3.06. The SMILES string of the molecule is O=C(O)[C@@H]1CC[C@@H](c2ccc([N+](=O)[O-])cc2)N1. The molecule has 1 heterocycles. The number of hydrogen-bond donors (Lipinski definition) is 2. The number of rotatable bonds is 3. The van der Waals surface area contributed by atoms with E-state index in [1.165, 1.54) is 12.1 Å². The molecule has 2 atom stereocenters. The normalized spacial score (nSPS) is 23.5.